The predicted octanol–water partition coefficient (Wildman–Crippen LogP) is 2.70. The van der Waals surface area contributed by atoms with Crippen molar-refractivity contribution >= 4 is 0 Å². The van der Waals surface area contributed by atoms with Crippen molar-refractivity contribution in [1.82, 2.24) is 0 Å². The van der Waals surface area contributed by atoms with Gasteiger partial charge in [0.1, 0.15) is 0 Å². The Balaban J connectivity index is 2.58. The van der Waals surface area contributed by atoms with Crippen LogP contribution >= 0.6 is 0 Å². The molecule has 0 unspecified atom stereocenters. The molecule has 3 nitrogen and oxygen atoms in total. The number of rotatable bonds is 5. The highest BCUT2D eigenvalue weighted by Gasteiger charge is 2.07. The Kier molecular flexibility index (Phi) is 4.03. The monoisotopic (exact) mass is 208 g/mol. The van der Waals surface area contributed by atoms with Crippen LogP contribution in [0.5, 0.6) is 17.2 Å². The van der Waals surface area contributed by atoms with E-state index in [9.17, 15) is 10.2 Å². The lowest BCUT2D eigenvalue weighted by Gasteiger charge is -2.05. The van der Waals surface area contributed by atoms with Gasteiger partial charge >= 0.3 is 0 Å². The summed E-state index contributed by atoms with van der Waals surface area (Å²) >= 11 is 0. The lowest BCUT2D eigenvalue weighted by molar-refractivity contribution is 0.367. The molecule has 3 heteroatoms. The number of phenolic OH excluding ortho intramolecular Hbond substituents is 3. The molecule has 0 spiro atoms. The third-order valence-electron chi connectivity index (χ3n) is 2.25. The maximum atomic E-state index is 9.26. The van der Waals surface area contributed by atoms with Gasteiger partial charge in [0.15, 0.2) is 17.2 Å². The van der Waals surface area contributed by atoms with Crippen molar-refractivity contribution in [3.63, 3.8) is 0 Å². The van der Waals surface area contributed by atoms with Crippen molar-refractivity contribution in [1.29, 1.82) is 0 Å². The highest BCUT2D eigenvalue weighted by molar-refractivity contribution is 5.51. The molecule has 0 fully saturated rings. The van der Waals surface area contributed by atoms with Gasteiger partial charge in [-0.1, -0.05) is 6.08 Å². The van der Waals surface area contributed by atoms with E-state index in [-0.39, 0.29) is 11.5 Å². The highest BCUT2D eigenvalue weighted by Crippen LogP contribution is 2.35. The molecule has 0 saturated heterocycles. The summed E-state index contributed by atoms with van der Waals surface area (Å²) in [7, 11) is 0. The quantitative estimate of drug-likeness (QED) is 0.396. The predicted molar refractivity (Wildman–Crippen MR) is 59.2 cm³/mol. The van der Waals surface area contributed by atoms with Crippen molar-refractivity contribution in [2.75, 3.05) is 0 Å². The van der Waals surface area contributed by atoms with E-state index in [0.717, 1.165) is 31.2 Å². The van der Waals surface area contributed by atoms with Crippen molar-refractivity contribution in [2.45, 2.75) is 25.7 Å². The average molecular weight is 208 g/mol. The molecule has 1 rings (SSSR count). The second-order valence-corrected chi connectivity index (χ2v) is 3.52. The minimum atomic E-state index is -0.454. The first-order valence-electron chi connectivity index (χ1n) is 5.00. The summed E-state index contributed by atoms with van der Waals surface area (Å²) in [5, 5.41) is 27.6. The van der Waals surface area contributed by atoms with Gasteiger partial charge in [-0.25, -0.2) is 0 Å². The molecule has 1 aromatic rings. The summed E-state index contributed by atoms with van der Waals surface area (Å²) in [6.07, 6.45) is 5.61. The first-order valence-corrected chi connectivity index (χ1v) is 5.00. The van der Waals surface area contributed by atoms with E-state index in [1.54, 1.807) is 0 Å². The minimum absolute atomic E-state index is 0.270. The number of unbranched alkanes of at least 4 members (excludes halogenated alkanes) is 2. The molecular weight excluding hydrogens is 192 g/mol. The molecule has 0 atom stereocenters. The molecular formula is C12H16O3. The Morgan fingerprint density at radius 1 is 1.07 bits per heavy atom. The highest BCUT2D eigenvalue weighted by atomic mass is 16.3. The zero-order valence-electron chi connectivity index (χ0n) is 8.61. The smallest absolute Gasteiger partial charge is 0.200 e. The Morgan fingerprint density at radius 2 is 1.67 bits per heavy atom. The van der Waals surface area contributed by atoms with Crippen molar-refractivity contribution in [2.24, 2.45) is 0 Å². The lowest BCUT2D eigenvalue weighted by Crippen LogP contribution is -1.86. The van der Waals surface area contributed by atoms with E-state index < -0.39 is 5.75 Å². The Labute approximate surface area is 89.3 Å². The van der Waals surface area contributed by atoms with Gasteiger partial charge in [0, 0.05) is 0 Å². The van der Waals surface area contributed by atoms with Crippen LogP contribution in [0.2, 0.25) is 0 Å². The summed E-state index contributed by atoms with van der Waals surface area (Å²) in [4.78, 5) is 0. The fraction of sp³-hybridized carbons (Fsp3) is 0.333. The number of benzene rings is 1. The summed E-state index contributed by atoms with van der Waals surface area (Å²) in [5.74, 6) is -0.993. The molecule has 0 radical (unpaired) electrons. The Morgan fingerprint density at radius 3 is 2.20 bits per heavy atom. The third-order valence-corrected chi connectivity index (χ3v) is 2.25. The molecule has 15 heavy (non-hydrogen) atoms. The number of hydrogen-bond acceptors (Lipinski definition) is 3. The largest absolute Gasteiger partial charge is 0.504 e. The third kappa shape index (κ3) is 3.20. The van der Waals surface area contributed by atoms with Crippen molar-refractivity contribution < 1.29 is 15.3 Å². The van der Waals surface area contributed by atoms with E-state index in [1.165, 1.54) is 12.1 Å². The summed E-state index contributed by atoms with van der Waals surface area (Å²) in [6.45, 7) is 3.63. The van der Waals surface area contributed by atoms with Gasteiger partial charge < -0.3 is 15.3 Å². The van der Waals surface area contributed by atoms with Crippen LogP contribution in [0.3, 0.4) is 0 Å². The molecule has 0 heterocycles. The van der Waals surface area contributed by atoms with E-state index in [0.29, 0.717) is 0 Å². The van der Waals surface area contributed by atoms with E-state index in [4.69, 9.17) is 5.11 Å². The maximum Gasteiger partial charge on any atom is 0.200 e. The minimum Gasteiger partial charge on any atom is -0.504 e. The topological polar surface area (TPSA) is 60.7 Å². The van der Waals surface area contributed by atoms with E-state index >= 15 is 0 Å². The van der Waals surface area contributed by atoms with Crippen LogP contribution in [-0.4, -0.2) is 15.3 Å². The van der Waals surface area contributed by atoms with Gasteiger partial charge in [-0.15, -0.1) is 6.58 Å². The first-order chi connectivity index (χ1) is 7.15. The first kappa shape index (κ1) is 11.4. The number of allylic oxidation sites excluding steroid dienone is 1. The van der Waals surface area contributed by atoms with Crippen LogP contribution in [0.1, 0.15) is 24.8 Å². The molecule has 0 aliphatic rings. The van der Waals surface area contributed by atoms with Gasteiger partial charge in [0.05, 0.1) is 0 Å². The van der Waals surface area contributed by atoms with Crippen LogP contribution in [0.25, 0.3) is 0 Å². The van der Waals surface area contributed by atoms with Gasteiger partial charge in [-0.2, -0.15) is 0 Å². The standard InChI is InChI=1S/C12H16O3/c1-2-3-4-5-6-9-7-10(13)12(15)11(14)8-9/h2,7-8,13-15H,1,3-6H2. The van der Waals surface area contributed by atoms with E-state index in [2.05, 4.69) is 6.58 Å². The van der Waals surface area contributed by atoms with Crippen LogP contribution in [-0.2, 0) is 6.42 Å². The SMILES string of the molecule is C=CCCCCc1cc(O)c(O)c(O)c1. The van der Waals surface area contributed by atoms with Crippen LogP contribution < -0.4 is 0 Å². The molecule has 0 saturated carbocycles. The molecule has 0 aromatic heterocycles. The summed E-state index contributed by atoms with van der Waals surface area (Å²) in [6, 6.07) is 2.95. The fourth-order valence-electron chi connectivity index (χ4n) is 1.42. The second kappa shape index (κ2) is 5.29. The zero-order valence-corrected chi connectivity index (χ0v) is 8.61. The molecule has 0 aliphatic carbocycles. The number of aromatic hydroxyl groups is 3. The Bertz CT molecular complexity index is 322. The van der Waals surface area contributed by atoms with Crippen LogP contribution in [0.15, 0.2) is 24.8 Å². The number of phenols is 3. The van der Waals surface area contributed by atoms with Gasteiger partial charge in [-0.3, -0.25) is 0 Å². The summed E-state index contributed by atoms with van der Waals surface area (Å²) < 4.78 is 0. The van der Waals surface area contributed by atoms with Gasteiger partial charge in [0.25, 0.3) is 0 Å². The molecule has 3 N–H and O–H groups in total. The number of hydrogen-bond donors (Lipinski definition) is 3. The van der Waals surface area contributed by atoms with Crippen LogP contribution in [0.4, 0.5) is 0 Å². The van der Waals surface area contributed by atoms with Gasteiger partial charge in [0.2, 0.25) is 0 Å². The molecule has 0 amide bonds. The molecule has 1 aromatic carbocycles. The molecule has 0 aliphatic heterocycles. The molecule has 82 valence electrons. The Hall–Kier alpha value is -1.64. The fourth-order valence-corrected chi connectivity index (χ4v) is 1.42. The summed E-state index contributed by atoms with van der Waals surface area (Å²) in [5.41, 5.74) is 0.826. The second-order valence-electron chi connectivity index (χ2n) is 3.52. The van der Waals surface area contributed by atoms with Gasteiger partial charge in [-0.05, 0) is 43.4 Å². The lowest BCUT2D eigenvalue weighted by atomic mass is 10.1. The number of aryl methyl sites for hydroxylation is 1. The zero-order chi connectivity index (χ0) is 11.3. The average Bonchev–Trinajstić information content (AvgIpc) is 2.21. The maximum absolute atomic E-state index is 9.26. The van der Waals surface area contributed by atoms with Crippen molar-refractivity contribution in [3.8, 4) is 17.2 Å². The normalized spacial score (nSPS) is 10.1. The molecule has 0 bridgehead atoms. The van der Waals surface area contributed by atoms with Crippen LogP contribution in [0, 0.1) is 0 Å². The van der Waals surface area contributed by atoms with Crippen molar-refractivity contribution in [3.05, 3.63) is 30.4 Å². The van der Waals surface area contributed by atoms with E-state index in [1.807, 2.05) is 6.08 Å².